The Balaban J connectivity index is 2.13. The number of thioether (sulfide) groups is 1. The highest BCUT2D eigenvalue weighted by atomic mass is 32.2. The molecule has 88 valence electrons. The fraction of sp³-hybridized carbons (Fsp3) is 0.500. The molecule has 0 aromatic heterocycles. The summed E-state index contributed by atoms with van der Waals surface area (Å²) in [6.07, 6.45) is 1.09. The van der Waals surface area contributed by atoms with Crippen LogP contribution in [-0.4, -0.2) is 24.2 Å². The Morgan fingerprint density at radius 3 is 2.94 bits per heavy atom. The minimum atomic E-state index is -0.218. The van der Waals surface area contributed by atoms with Crippen molar-refractivity contribution in [1.82, 2.24) is 0 Å². The van der Waals surface area contributed by atoms with Crippen molar-refractivity contribution in [2.45, 2.75) is 24.6 Å². The molecule has 1 saturated heterocycles. The zero-order valence-corrected chi connectivity index (χ0v) is 10.3. The van der Waals surface area contributed by atoms with Gasteiger partial charge in [-0.3, -0.25) is 0 Å². The highest BCUT2D eigenvalue weighted by molar-refractivity contribution is 8.00. The maximum Gasteiger partial charge on any atom is 0.146 e. The number of nitrogens with one attached hydrogen (secondary N) is 1. The van der Waals surface area contributed by atoms with E-state index in [4.69, 9.17) is 4.74 Å². The molecule has 1 fully saturated rings. The summed E-state index contributed by atoms with van der Waals surface area (Å²) < 4.78 is 18.7. The van der Waals surface area contributed by atoms with Gasteiger partial charge in [0.05, 0.1) is 12.8 Å². The average Bonchev–Trinajstić information content (AvgIpc) is 2.68. The largest absolute Gasteiger partial charge is 0.497 e. The van der Waals surface area contributed by atoms with Crippen LogP contribution in [0.2, 0.25) is 0 Å². The molecule has 0 amide bonds. The second-order valence-corrected chi connectivity index (χ2v) is 5.45. The molecule has 2 unspecified atom stereocenters. The van der Waals surface area contributed by atoms with Crippen molar-refractivity contribution in [3.05, 3.63) is 24.0 Å². The molecule has 2 rings (SSSR count). The van der Waals surface area contributed by atoms with Gasteiger partial charge in [-0.05, 0) is 24.3 Å². The average molecular weight is 241 g/mol. The van der Waals surface area contributed by atoms with E-state index >= 15 is 0 Å². The molecule has 1 aromatic rings. The van der Waals surface area contributed by atoms with Crippen LogP contribution in [0.1, 0.15) is 13.3 Å². The molecule has 0 radical (unpaired) electrons. The quantitative estimate of drug-likeness (QED) is 0.878. The van der Waals surface area contributed by atoms with E-state index in [0.717, 1.165) is 12.2 Å². The molecule has 1 N–H and O–H groups in total. The fourth-order valence-corrected chi connectivity index (χ4v) is 3.06. The first-order valence-corrected chi connectivity index (χ1v) is 6.47. The fourth-order valence-electron chi connectivity index (χ4n) is 1.86. The van der Waals surface area contributed by atoms with Crippen molar-refractivity contribution in [2.24, 2.45) is 0 Å². The summed E-state index contributed by atoms with van der Waals surface area (Å²) in [4.78, 5) is 0. The van der Waals surface area contributed by atoms with Crippen molar-refractivity contribution in [2.75, 3.05) is 18.2 Å². The van der Waals surface area contributed by atoms with Crippen LogP contribution in [0.25, 0.3) is 0 Å². The second kappa shape index (κ2) is 4.95. The number of halogens is 1. The number of anilines is 1. The van der Waals surface area contributed by atoms with Crippen LogP contribution >= 0.6 is 11.8 Å². The Labute approximate surface area is 99.6 Å². The number of ether oxygens (including phenoxy) is 1. The third kappa shape index (κ3) is 2.43. The lowest BCUT2D eigenvalue weighted by Crippen LogP contribution is -2.25. The van der Waals surface area contributed by atoms with Gasteiger partial charge in [-0.25, -0.2) is 4.39 Å². The van der Waals surface area contributed by atoms with Crippen molar-refractivity contribution in [3.63, 3.8) is 0 Å². The van der Waals surface area contributed by atoms with E-state index in [1.165, 1.54) is 6.07 Å². The number of benzene rings is 1. The molecule has 1 heterocycles. The molecule has 1 aliphatic rings. The predicted octanol–water partition coefficient (Wildman–Crippen LogP) is 3.14. The molecule has 0 aliphatic carbocycles. The van der Waals surface area contributed by atoms with Crippen molar-refractivity contribution in [3.8, 4) is 5.75 Å². The summed E-state index contributed by atoms with van der Waals surface area (Å²) in [6, 6.07) is 5.14. The summed E-state index contributed by atoms with van der Waals surface area (Å²) in [6.45, 7) is 2.17. The van der Waals surface area contributed by atoms with Gasteiger partial charge in [-0.1, -0.05) is 6.92 Å². The molecule has 2 atom stereocenters. The standard InChI is InChI=1S/C12H16FNOS/c1-8-11(5-6-16-8)14-12-7-9(15-2)3-4-10(12)13/h3-4,7-8,11,14H,5-6H2,1-2H3. The van der Waals surface area contributed by atoms with Gasteiger partial charge in [-0.2, -0.15) is 11.8 Å². The Morgan fingerprint density at radius 1 is 1.50 bits per heavy atom. The highest BCUT2D eigenvalue weighted by Gasteiger charge is 2.24. The zero-order valence-electron chi connectivity index (χ0n) is 9.50. The Morgan fingerprint density at radius 2 is 2.31 bits per heavy atom. The van der Waals surface area contributed by atoms with Crippen molar-refractivity contribution < 1.29 is 9.13 Å². The van der Waals surface area contributed by atoms with Crippen molar-refractivity contribution >= 4 is 17.4 Å². The smallest absolute Gasteiger partial charge is 0.146 e. The molecule has 0 saturated carbocycles. The van der Waals surface area contributed by atoms with Gasteiger partial charge in [0.15, 0.2) is 0 Å². The van der Waals surface area contributed by atoms with E-state index in [-0.39, 0.29) is 5.82 Å². The summed E-state index contributed by atoms with van der Waals surface area (Å²) in [5.41, 5.74) is 0.540. The molecule has 4 heteroatoms. The van der Waals surface area contributed by atoms with E-state index in [9.17, 15) is 4.39 Å². The van der Waals surface area contributed by atoms with Gasteiger partial charge in [0.2, 0.25) is 0 Å². The molecule has 16 heavy (non-hydrogen) atoms. The lowest BCUT2D eigenvalue weighted by Gasteiger charge is -2.18. The van der Waals surface area contributed by atoms with E-state index in [1.807, 2.05) is 11.8 Å². The summed E-state index contributed by atoms with van der Waals surface area (Å²) in [5, 5.41) is 3.79. The molecule has 1 aliphatic heterocycles. The Kier molecular flexibility index (Phi) is 3.59. The van der Waals surface area contributed by atoms with E-state index in [2.05, 4.69) is 12.2 Å². The van der Waals surface area contributed by atoms with Crippen molar-refractivity contribution in [1.29, 1.82) is 0 Å². The van der Waals surface area contributed by atoms with Crippen LogP contribution in [0.5, 0.6) is 5.75 Å². The number of rotatable bonds is 3. The second-order valence-electron chi connectivity index (χ2n) is 3.96. The first kappa shape index (κ1) is 11.6. The van der Waals surface area contributed by atoms with Crippen LogP contribution in [0.4, 0.5) is 10.1 Å². The molecule has 1 aromatic carbocycles. The number of hydrogen-bond donors (Lipinski definition) is 1. The maximum atomic E-state index is 13.6. The van der Waals surface area contributed by atoms with E-state index in [1.54, 1.807) is 19.2 Å². The first-order valence-electron chi connectivity index (χ1n) is 5.42. The summed E-state index contributed by atoms with van der Waals surface area (Å²) in [7, 11) is 1.59. The summed E-state index contributed by atoms with van der Waals surface area (Å²) >= 11 is 1.92. The van der Waals surface area contributed by atoms with Crippen LogP contribution in [-0.2, 0) is 0 Å². The first-order chi connectivity index (χ1) is 7.70. The normalized spacial score (nSPS) is 24.4. The monoisotopic (exact) mass is 241 g/mol. The SMILES string of the molecule is COc1ccc(F)c(NC2CCSC2C)c1. The minimum absolute atomic E-state index is 0.218. The number of methoxy groups -OCH3 is 1. The third-order valence-electron chi connectivity index (χ3n) is 2.89. The Bertz CT molecular complexity index is 372. The van der Waals surface area contributed by atoms with Crippen LogP contribution in [0, 0.1) is 5.82 Å². The van der Waals surface area contributed by atoms with E-state index in [0.29, 0.717) is 22.7 Å². The molecule has 0 bridgehead atoms. The van der Waals surface area contributed by atoms with Crippen LogP contribution in [0.3, 0.4) is 0 Å². The maximum absolute atomic E-state index is 13.6. The predicted molar refractivity (Wildman–Crippen MR) is 66.9 cm³/mol. The molecule has 2 nitrogen and oxygen atoms in total. The van der Waals surface area contributed by atoms with Crippen LogP contribution in [0.15, 0.2) is 18.2 Å². The van der Waals surface area contributed by atoms with Gasteiger partial charge in [-0.15, -0.1) is 0 Å². The van der Waals surface area contributed by atoms with Crippen LogP contribution < -0.4 is 10.1 Å². The third-order valence-corrected chi connectivity index (χ3v) is 4.22. The minimum Gasteiger partial charge on any atom is -0.497 e. The molecular weight excluding hydrogens is 225 g/mol. The van der Waals surface area contributed by atoms with Gasteiger partial charge in [0, 0.05) is 17.4 Å². The van der Waals surface area contributed by atoms with Gasteiger partial charge >= 0.3 is 0 Å². The van der Waals surface area contributed by atoms with E-state index < -0.39 is 0 Å². The van der Waals surface area contributed by atoms with Gasteiger partial charge in [0.25, 0.3) is 0 Å². The topological polar surface area (TPSA) is 21.3 Å². The lowest BCUT2D eigenvalue weighted by atomic mass is 10.1. The zero-order chi connectivity index (χ0) is 11.5. The van der Waals surface area contributed by atoms with Gasteiger partial charge < -0.3 is 10.1 Å². The molecular formula is C12H16FNOS. The lowest BCUT2D eigenvalue weighted by molar-refractivity contribution is 0.414. The van der Waals surface area contributed by atoms with Gasteiger partial charge in [0.1, 0.15) is 11.6 Å². The summed E-state index contributed by atoms with van der Waals surface area (Å²) in [5.74, 6) is 1.61. The Hall–Kier alpha value is -0.900. The highest BCUT2D eigenvalue weighted by Crippen LogP contribution is 2.30. The number of hydrogen-bond acceptors (Lipinski definition) is 3. The molecule has 0 spiro atoms.